The molecular weight excluding hydrogens is 558 g/mol. The second kappa shape index (κ2) is 9.30. The van der Waals surface area contributed by atoms with Gasteiger partial charge in [-0.25, -0.2) is 12.4 Å². The van der Waals surface area contributed by atoms with Crippen molar-refractivity contribution in [2.24, 2.45) is 0 Å². The van der Waals surface area contributed by atoms with E-state index in [4.69, 9.17) is 11.6 Å². The van der Waals surface area contributed by atoms with Gasteiger partial charge in [0.15, 0.2) is 5.75 Å². The molecule has 4 rings (SSSR count). The van der Waals surface area contributed by atoms with E-state index in [0.717, 1.165) is 29.2 Å². The second-order valence-corrected chi connectivity index (χ2v) is 9.93. The SMILES string of the molecule is Cl.O=S(=O)(c1ccc(Br)cc1OC(F)(F)F)n1ccc2c(N3CCNCC3)c(Cl)ccc21. The lowest BCUT2D eigenvalue weighted by atomic mass is 10.2. The third-order valence-corrected chi connectivity index (χ3v) is 7.39. The molecule has 0 unspecified atom stereocenters. The molecule has 2 heterocycles. The first-order valence-corrected chi connectivity index (χ1v) is 11.7. The van der Waals surface area contributed by atoms with Crippen LogP contribution in [0.15, 0.2) is 52.0 Å². The summed E-state index contributed by atoms with van der Waals surface area (Å²) < 4.78 is 70.5. The van der Waals surface area contributed by atoms with Crippen LogP contribution in [0.3, 0.4) is 0 Å². The molecule has 3 aromatic rings. The van der Waals surface area contributed by atoms with Gasteiger partial charge in [-0.2, -0.15) is 0 Å². The van der Waals surface area contributed by atoms with E-state index in [1.807, 2.05) is 0 Å². The predicted octanol–water partition coefficient (Wildman–Crippen LogP) is 5.02. The minimum Gasteiger partial charge on any atom is -0.404 e. The Morgan fingerprint density at radius 1 is 1.09 bits per heavy atom. The summed E-state index contributed by atoms with van der Waals surface area (Å²) in [6, 6.07) is 8.09. The Kier molecular flexibility index (Phi) is 7.26. The quantitative estimate of drug-likeness (QED) is 0.474. The average Bonchev–Trinajstić information content (AvgIpc) is 3.12. The molecule has 32 heavy (non-hydrogen) atoms. The lowest BCUT2D eigenvalue weighted by Gasteiger charge is -2.30. The number of benzene rings is 2. The fourth-order valence-corrected chi connectivity index (χ4v) is 5.65. The minimum atomic E-state index is -5.05. The fourth-order valence-electron chi connectivity index (χ4n) is 3.57. The van der Waals surface area contributed by atoms with Crippen LogP contribution in [0, 0.1) is 0 Å². The van der Waals surface area contributed by atoms with Crippen molar-refractivity contribution in [2.45, 2.75) is 11.3 Å². The van der Waals surface area contributed by atoms with Gasteiger partial charge < -0.3 is 15.0 Å². The summed E-state index contributed by atoms with van der Waals surface area (Å²) in [4.78, 5) is 1.44. The van der Waals surface area contributed by atoms with Crippen molar-refractivity contribution in [2.75, 3.05) is 31.1 Å². The molecule has 1 aliphatic rings. The number of piperazine rings is 1. The Labute approximate surface area is 201 Å². The maximum Gasteiger partial charge on any atom is 0.573 e. The molecule has 0 spiro atoms. The van der Waals surface area contributed by atoms with E-state index in [0.29, 0.717) is 34.7 Å². The number of nitrogens with zero attached hydrogens (tertiary/aromatic N) is 2. The summed E-state index contributed by atoms with van der Waals surface area (Å²) in [5.41, 5.74) is 0.996. The first kappa shape index (κ1) is 25.0. The van der Waals surface area contributed by atoms with Crippen LogP contribution in [0.1, 0.15) is 0 Å². The highest BCUT2D eigenvalue weighted by molar-refractivity contribution is 9.10. The number of hydrogen-bond donors (Lipinski definition) is 1. The molecule has 0 bridgehead atoms. The number of rotatable bonds is 4. The Balaban J connectivity index is 0.00000289. The first-order chi connectivity index (χ1) is 14.6. The van der Waals surface area contributed by atoms with E-state index in [1.165, 1.54) is 18.3 Å². The molecule has 1 fully saturated rings. The van der Waals surface area contributed by atoms with Crippen LogP contribution in [-0.4, -0.2) is 44.9 Å². The van der Waals surface area contributed by atoms with E-state index < -0.39 is 27.0 Å². The van der Waals surface area contributed by atoms with Crippen molar-refractivity contribution < 1.29 is 26.3 Å². The molecule has 1 aromatic heterocycles. The molecule has 6 nitrogen and oxygen atoms in total. The van der Waals surface area contributed by atoms with Crippen molar-refractivity contribution in [1.29, 1.82) is 0 Å². The third kappa shape index (κ3) is 4.81. The van der Waals surface area contributed by atoms with E-state index in [9.17, 15) is 21.6 Å². The molecule has 1 aliphatic heterocycles. The van der Waals surface area contributed by atoms with Crippen LogP contribution in [-0.2, 0) is 10.0 Å². The van der Waals surface area contributed by atoms with Crippen LogP contribution in [0.4, 0.5) is 18.9 Å². The summed E-state index contributed by atoms with van der Waals surface area (Å²) in [5.74, 6) is -0.819. The average molecular weight is 575 g/mol. The molecule has 0 saturated carbocycles. The van der Waals surface area contributed by atoms with Crippen molar-refractivity contribution in [3.8, 4) is 5.75 Å². The summed E-state index contributed by atoms with van der Waals surface area (Å²) >= 11 is 9.47. The number of hydrogen-bond acceptors (Lipinski definition) is 5. The monoisotopic (exact) mass is 573 g/mol. The van der Waals surface area contributed by atoms with Gasteiger partial charge in [-0.15, -0.1) is 25.6 Å². The minimum absolute atomic E-state index is 0. The molecule has 1 saturated heterocycles. The van der Waals surface area contributed by atoms with Gasteiger partial charge in [0.25, 0.3) is 10.0 Å². The number of halogens is 6. The Hall–Kier alpha value is -1.66. The smallest absolute Gasteiger partial charge is 0.404 e. The van der Waals surface area contributed by atoms with Gasteiger partial charge in [0, 0.05) is 42.2 Å². The van der Waals surface area contributed by atoms with Crippen LogP contribution >= 0.6 is 39.9 Å². The van der Waals surface area contributed by atoms with Crippen molar-refractivity contribution in [3.05, 3.63) is 52.1 Å². The number of nitrogens with one attached hydrogen (secondary N) is 1. The molecule has 2 aromatic carbocycles. The van der Waals surface area contributed by atoms with Crippen molar-refractivity contribution in [3.63, 3.8) is 0 Å². The zero-order valence-electron chi connectivity index (χ0n) is 16.2. The summed E-state index contributed by atoms with van der Waals surface area (Å²) in [7, 11) is -4.41. The van der Waals surface area contributed by atoms with Gasteiger partial charge in [-0.3, -0.25) is 0 Å². The zero-order chi connectivity index (χ0) is 22.4. The maximum atomic E-state index is 13.3. The maximum absolute atomic E-state index is 13.3. The summed E-state index contributed by atoms with van der Waals surface area (Å²) in [6.45, 7) is 2.88. The van der Waals surface area contributed by atoms with E-state index in [-0.39, 0.29) is 16.9 Å². The molecule has 174 valence electrons. The summed E-state index contributed by atoms with van der Waals surface area (Å²) in [5, 5.41) is 4.29. The number of anilines is 1. The van der Waals surface area contributed by atoms with Crippen LogP contribution < -0.4 is 15.0 Å². The Bertz CT molecular complexity index is 1250. The normalized spacial score (nSPS) is 15.0. The van der Waals surface area contributed by atoms with E-state index in [2.05, 4.69) is 30.9 Å². The Morgan fingerprint density at radius 3 is 2.44 bits per heavy atom. The molecule has 0 amide bonds. The van der Waals surface area contributed by atoms with Gasteiger partial charge in [0.2, 0.25) is 0 Å². The number of ether oxygens (including phenoxy) is 1. The number of aromatic nitrogens is 1. The van der Waals surface area contributed by atoms with Crippen molar-refractivity contribution >= 4 is 66.6 Å². The molecule has 0 aliphatic carbocycles. The van der Waals surface area contributed by atoms with E-state index in [1.54, 1.807) is 12.1 Å². The molecule has 1 N–H and O–H groups in total. The third-order valence-electron chi connectivity index (χ3n) is 4.86. The number of fused-ring (bicyclic) bond motifs is 1. The number of alkyl halides is 3. The molecular formula is C19H17BrCl2F3N3O3S. The lowest BCUT2D eigenvalue weighted by Crippen LogP contribution is -2.43. The van der Waals surface area contributed by atoms with Gasteiger partial charge in [-0.1, -0.05) is 27.5 Å². The van der Waals surface area contributed by atoms with Crippen LogP contribution in [0.5, 0.6) is 5.75 Å². The van der Waals surface area contributed by atoms with Gasteiger partial charge >= 0.3 is 6.36 Å². The first-order valence-electron chi connectivity index (χ1n) is 9.14. The van der Waals surface area contributed by atoms with E-state index >= 15 is 0 Å². The fraction of sp³-hybridized carbons (Fsp3) is 0.263. The molecule has 0 radical (unpaired) electrons. The topological polar surface area (TPSA) is 63.6 Å². The van der Waals surface area contributed by atoms with Gasteiger partial charge in [0.05, 0.1) is 16.2 Å². The standard InChI is InChI=1S/C19H16BrClF3N3O3S.ClH/c20-12-1-4-17(16(11-12)30-19(22,23)24)31(28,29)27-8-5-13-15(27)3-2-14(21)18(13)26-9-6-25-7-10-26;/h1-5,8,11,25H,6-7,9-10H2;1H. The zero-order valence-corrected chi connectivity index (χ0v) is 20.2. The highest BCUT2D eigenvalue weighted by Crippen LogP contribution is 2.38. The van der Waals surface area contributed by atoms with Crippen LogP contribution in [0.25, 0.3) is 10.9 Å². The Morgan fingerprint density at radius 2 is 1.78 bits per heavy atom. The second-order valence-electron chi connectivity index (χ2n) is 6.82. The summed E-state index contributed by atoms with van der Waals surface area (Å²) in [6.07, 6.45) is -3.74. The highest BCUT2D eigenvalue weighted by atomic mass is 79.9. The predicted molar refractivity (Wildman–Crippen MR) is 123 cm³/mol. The largest absolute Gasteiger partial charge is 0.573 e. The highest BCUT2D eigenvalue weighted by Gasteiger charge is 2.35. The van der Waals surface area contributed by atoms with Gasteiger partial charge in [-0.05, 0) is 36.4 Å². The van der Waals surface area contributed by atoms with Crippen molar-refractivity contribution in [1.82, 2.24) is 9.29 Å². The van der Waals surface area contributed by atoms with Gasteiger partial charge in [0.1, 0.15) is 4.90 Å². The molecule has 13 heteroatoms. The molecule has 0 atom stereocenters. The van der Waals surface area contributed by atoms with Crippen LogP contribution in [0.2, 0.25) is 5.02 Å². The lowest BCUT2D eigenvalue weighted by molar-refractivity contribution is -0.275.